The van der Waals surface area contributed by atoms with Crippen LogP contribution < -0.4 is 4.74 Å². The summed E-state index contributed by atoms with van der Waals surface area (Å²) >= 11 is 3.37. The van der Waals surface area contributed by atoms with Crippen LogP contribution in [0.2, 0.25) is 0 Å². The molecule has 184 valence electrons. The fraction of sp³-hybridized carbons (Fsp3) is 0.148. The fourth-order valence-corrected chi connectivity index (χ4v) is 4.66. The number of carbonyl (C=O) groups is 3. The van der Waals surface area contributed by atoms with Gasteiger partial charge in [0, 0.05) is 12.1 Å². The molecule has 9 heteroatoms. The lowest BCUT2D eigenvalue weighted by molar-refractivity contribution is -0.140. The largest absolute Gasteiger partial charge is 0.508 e. The number of hydrogen-bond donors (Lipinski definition) is 2. The predicted molar refractivity (Wildman–Crippen MR) is 134 cm³/mol. The molecule has 1 unspecified atom stereocenters. The Morgan fingerprint density at radius 2 is 1.69 bits per heavy atom. The van der Waals surface area contributed by atoms with E-state index in [9.17, 15) is 24.6 Å². The summed E-state index contributed by atoms with van der Waals surface area (Å²) in [6.45, 7) is 0.0232. The van der Waals surface area contributed by atoms with Crippen molar-refractivity contribution in [3.8, 4) is 11.5 Å². The number of nitrogens with zero attached hydrogens (tertiary/aromatic N) is 1. The predicted octanol–water partition coefficient (Wildman–Crippen LogP) is 4.57. The van der Waals surface area contributed by atoms with Gasteiger partial charge in [-0.2, -0.15) is 0 Å². The zero-order valence-corrected chi connectivity index (χ0v) is 21.0. The van der Waals surface area contributed by atoms with Gasteiger partial charge in [0.15, 0.2) is 0 Å². The molecule has 0 aliphatic carbocycles. The van der Waals surface area contributed by atoms with E-state index in [-0.39, 0.29) is 23.6 Å². The maximum Gasteiger partial charge on any atom is 0.337 e. The van der Waals surface area contributed by atoms with E-state index >= 15 is 0 Å². The monoisotopic (exact) mass is 551 g/mol. The highest BCUT2D eigenvalue weighted by atomic mass is 79.9. The summed E-state index contributed by atoms with van der Waals surface area (Å²) in [4.78, 5) is 39.5. The van der Waals surface area contributed by atoms with Crippen LogP contribution in [0.3, 0.4) is 0 Å². The van der Waals surface area contributed by atoms with Gasteiger partial charge in [0.2, 0.25) is 0 Å². The second-order valence-corrected chi connectivity index (χ2v) is 8.91. The SMILES string of the molecule is COC(=O)c1ccc(CN2C(=O)C(=O)/C(=C(\O)c3ccc(OC)c(Br)c3)C2c2cccc(O)c2)cc1. The Kier molecular flexibility index (Phi) is 7.12. The second-order valence-electron chi connectivity index (χ2n) is 8.06. The molecule has 0 bridgehead atoms. The van der Waals surface area contributed by atoms with Crippen LogP contribution in [0.1, 0.15) is 33.1 Å². The first-order chi connectivity index (χ1) is 17.2. The van der Waals surface area contributed by atoms with E-state index in [0.29, 0.717) is 32.5 Å². The molecule has 1 atom stereocenters. The number of benzene rings is 3. The third kappa shape index (κ3) is 4.70. The number of esters is 1. The van der Waals surface area contributed by atoms with Crippen LogP contribution >= 0.6 is 15.9 Å². The van der Waals surface area contributed by atoms with Gasteiger partial charge >= 0.3 is 5.97 Å². The summed E-state index contributed by atoms with van der Waals surface area (Å²) in [7, 11) is 2.79. The van der Waals surface area contributed by atoms with Gasteiger partial charge in [-0.25, -0.2) is 4.79 Å². The number of rotatable bonds is 6. The summed E-state index contributed by atoms with van der Waals surface area (Å²) in [5.74, 6) is -2.01. The van der Waals surface area contributed by atoms with E-state index in [2.05, 4.69) is 15.9 Å². The van der Waals surface area contributed by atoms with E-state index in [4.69, 9.17) is 9.47 Å². The maximum absolute atomic E-state index is 13.2. The minimum atomic E-state index is -0.960. The summed E-state index contributed by atoms with van der Waals surface area (Å²) in [5, 5.41) is 21.3. The number of amides is 1. The third-order valence-corrected chi connectivity index (χ3v) is 6.50. The molecule has 0 spiro atoms. The number of methoxy groups -OCH3 is 2. The molecule has 4 rings (SSSR count). The molecular formula is C27H22BrNO7. The van der Waals surface area contributed by atoms with Crippen molar-refractivity contribution in [1.29, 1.82) is 0 Å². The van der Waals surface area contributed by atoms with Crippen molar-refractivity contribution in [2.45, 2.75) is 12.6 Å². The van der Waals surface area contributed by atoms with Crippen LogP contribution in [0.25, 0.3) is 5.76 Å². The Balaban J connectivity index is 1.81. The number of aliphatic hydroxyl groups is 1. The number of phenols is 1. The highest BCUT2D eigenvalue weighted by Crippen LogP contribution is 2.41. The molecule has 3 aromatic rings. The van der Waals surface area contributed by atoms with Crippen LogP contribution in [0.4, 0.5) is 0 Å². The number of Topliss-reactive ketones (excluding diaryl/α,β-unsaturated/α-hetero) is 1. The highest BCUT2D eigenvalue weighted by Gasteiger charge is 2.46. The summed E-state index contributed by atoms with van der Waals surface area (Å²) in [6.07, 6.45) is 0. The van der Waals surface area contributed by atoms with Gasteiger partial charge in [-0.15, -0.1) is 0 Å². The fourth-order valence-electron chi connectivity index (χ4n) is 4.11. The lowest BCUT2D eigenvalue weighted by Crippen LogP contribution is -2.29. The average Bonchev–Trinajstić information content (AvgIpc) is 3.13. The average molecular weight is 552 g/mol. The normalized spacial score (nSPS) is 16.8. The molecule has 1 aliphatic heterocycles. The second kappa shape index (κ2) is 10.2. The van der Waals surface area contributed by atoms with E-state index in [0.717, 1.165) is 0 Å². The Labute approximate surface area is 215 Å². The van der Waals surface area contributed by atoms with Crippen LogP contribution in [-0.4, -0.2) is 47.0 Å². The van der Waals surface area contributed by atoms with Crippen LogP contribution in [0, 0.1) is 0 Å². The zero-order valence-electron chi connectivity index (χ0n) is 19.4. The number of ether oxygens (including phenoxy) is 2. The van der Waals surface area contributed by atoms with E-state index in [1.165, 1.54) is 31.3 Å². The van der Waals surface area contributed by atoms with Crippen molar-refractivity contribution in [1.82, 2.24) is 4.90 Å². The number of ketones is 1. The number of likely N-dealkylation sites (tertiary alicyclic amines) is 1. The number of halogens is 1. The Morgan fingerprint density at radius 1 is 1.00 bits per heavy atom. The van der Waals surface area contributed by atoms with Gasteiger partial charge in [-0.1, -0.05) is 24.3 Å². The Hall–Kier alpha value is -4.11. The van der Waals surface area contributed by atoms with Crippen molar-refractivity contribution in [2.24, 2.45) is 0 Å². The number of hydrogen-bond acceptors (Lipinski definition) is 7. The van der Waals surface area contributed by atoms with Gasteiger partial charge in [0.1, 0.15) is 17.3 Å². The standard InChI is InChI=1S/C27H22BrNO7/c1-35-21-11-10-18(13-20(21)28)24(31)22-23(17-4-3-5-19(30)12-17)29(26(33)25(22)32)14-15-6-8-16(9-7-15)27(34)36-2/h3-13,23,30-31H,14H2,1-2H3/b24-22-. The van der Waals surface area contributed by atoms with Gasteiger partial charge in [0.25, 0.3) is 11.7 Å². The molecule has 0 aromatic heterocycles. The molecule has 0 saturated carbocycles. The van der Waals surface area contributed by atoms with Gasteiger partial charge < -0.3 is 24.6 Å². The molecular weight excluding hydrogens is 530 g/mol. The molecule has 1 saturated heterocycles. The van der Waals surface area contributed by atoms with E-state index < -0.39 is 23.7 Å². The molecule has 3 aromatic carbocycles. The first kappa shape index (κ1) is 25.0. The van der Waals surface area contributed by atoms with Crippen molar-refractivity contribution in [3.63, 3.8) is 0 Å². The van der Waals surface area contributed by atoms with Gasteiger partial charge in [-0.3, -0.25) is 9.59 Å². The molecule has 8 nitrogen and oxygen atoms in total. The summed E-state index contributed by atoms with van der Waals surface area (Å²) in [5.41, 5.74) is 1.66. The lowest BCUT2D eigenvalue weighted by atomic mass is 9.95. The third-order valence-electron chi connectivity index (χ3n) is 5.88. The molecule has 1 amide bonds. The topological polar surface area (TPSA) is 113 Å². The van der Waals surface area contributed by atoms with Crippen molar-refractivity contribution in [2.75, 3.05) is 14.2 Å². The smallest absolute Gasteiger partial charge is 0.337 e. The van der Waals surface area contributed by atoms with Crippen LogP contribution in [-0.2, 0) is 20.9 Å². The highest BCUT2D eigenvalue weighted by molar-refractivity contribution is 9.10. The van der Waals surface area contributed by atoms with Crippen molar-refractivity contribution in [3.05, 3.63) is 99.0 Å². The number of aliphatic hydroxyl groups excluding tert-OH is 1. The molecule has 1 fully saturated rings. The number of carbonyl (C=O) groups excluding carboxylic acids is 3. The van der Waals surface area contributed by atoms with E-state index in [1.807, 2.05) is 0 Å². The number of aromatic hydroxyl groups is 1. The van der Waals surface area contributed by atoms with E-state index in [1.54, 1.807) is 54.6 Å². The minimum Gasteiger partial charge on any atom is -0.508 e. The first-order valence-electron chi connectivity index (χ1n) is 10.8. The summed E-state index contributed by atoms with van der Waals surface area (Å²) in [6, 6.07) is 16.5. The van der Waals surface area contributed by atoms with Crippen LogP contribution in [0.15, 0.2) is 76.8 Å². The minimum absolute atomic E-state index is 0.0232. The first-order valence-corrected chi connectivity index (χ1v) is 11.6. The van der Waals surface area contributed by atoms with Gasteiger partial charge in [0.05, 0.1) is 35.9 Å². The zero-order chi connectivity index (χ0) is 26.0. The Bertz CT molecular complexity index is 1380. The Morgan fingerprint density at radius 3 is 2.31 bits per heavy atom. The maximum atomic E-state index is 13.2. The molecule has 1 heterocycles. The molecule has 2 N–H and O–H groups in total. The lowest BCUT2D eigenvalue weighted by Gasteiger charge is -2.25. The molecule has 36 heavy (non-hydrogen) atoms. The van der Waals surface area contributed by atoms with Gasteiger partial charge in [-0.05, 0) is 69.5 Å². The summed E-state index contributed by atoms with van der Waals surface area (Å²) < 4.78 is 10.5. The van der Waals surface area contributed by atoms with Crippen molar-refractivity contribution < 1.29 is 34.1 Å². The van der Waals surface area contributed by atoms with Crippen LogP contribution in [0.5, 0.6) is 11.5 Å². The number of phenolic OH excluding ortho intramolecular Hbond substituents is 1. The molecule has 0 radical (unpaired) electrons. The van der Waals surface area contributed by atoms with Crippen molar-refractivity contribution >= 4 is 39.3 Å². The molecule has 1 aliphatic rings. The quantitative estimate of drug-likeness (QED) is 0.199.